The molecule has 0 radical (unpaired) electrons. The monoisotopic (exact) mass is 589 g/mol. The topological polar surface area (TPSA) is 207 Å². The van der Waals surface area contributed by atoms with Gasteiger partial charge in [0.15, 0.2) is 12.4 Å². The van der Waals surface area contributed by atoms with Crippen molar-refractivity contribution in [2.45, 2.75) is 68.0 Å². The van der Waals surface area contributed by atoms with E-state index in [1.54, 1.807) is 55.0 Å². The number of aromatic nitrogens is 2. The van der Waals surface area contributed by atoms with Crippen molar-refractivity contribution in [2.75, 3.05) is 10.6 Å². The highest BCUT2D eigenvalue weighted by atomic mass is 16.7. The molecule has 1 amide bonds. The minimum Gasteiger partial charge on any atom is -0.479 e. The number of ether oxygens (including phenoxy) is 2. The number of hydrogen-bond acceptors (Lipinski definition) is 11. The molecule has 6 N–H and O–H groups in total. The van der Waals surface area contributed by atoms with Crippen molar-refractivity contribution in [3.05, 3.63) is 83.8 Å². The smallest absolute Gasteiger partial charge is 0.335 e. The lowest BCUT2D eigenvalue weighted by Gasteiger charge is -2.39. The Morgan fingerprint density at radius 3 is 2.49 bits per heavy atom. The van der Waals surface area contributed by atoms with Gasteiger partial charge in [0.1, 0.15) is 24.1 Å². The number of rotatable bonds is 9. The maximum Gasteiger partial charge on any atom is 0.335 e. The number of aliphatic hydroxyl groups is 3. The van der Waals surface area contributed by atoms with Crippen LogP contribution in [0.25, 0.3) is 0 Å². The fraction of sp³-hybridized carbons (Fsp3) is 0.367. The largest absolute Gasteiger partial charge is 0.479 e. The van der Waals surface area contributed by atoms with Gasteiger partial charge in [-0.3, -0.25) is 9.78 Å². The van der Waals surface area contributed by atoms with Crippen LogP contribution in [0.2, 0.25) is 0 Å². The molecule has 43 heavy (non-hydrogen) atoms. The second kappa shape index (κ2) is 12.8. The Balaban J connectivity index is 1.22. The summed E-state index contributed by atoms with van der Waals surface area (Å²) >= 11 is 0. The molecule has 5 rings (SSSR count). The van der Waals surface area contributed by atoms with Gasteiger partial charge in [-0.25, -0.2) is 9.78 Å². The molecule has 1 aliphatic carbocycles. The lowest BCUT2D eigenvalue weighted by molar-refractivity contribution is -0.303. The Morgan fingerprint density at radius 2 is 1.79 bits per heavy atom. The van der Waals surface area contributed by atoms with E-state index in [0.717, 1.165) is 5.56 Å². The first-order chi connectivity index (χ1) is 20.7. The third kappa shape index (κ3) is 6.48. The first-order valence-electron chi connectivity index (χ1n) is 13.7. The highest BCUT2D eigenvalue weighted by Crippen LogP contribution is 2.43. The number of benzene rings is 1. The molecular weight excluding hydrogens is 558 g/mol. The Kier molecular flexibility index (Phi) is 8.95. The normalized spacial score (nSPS) is 28.5. The molecular formula is C30H31N5O8. The Morgan fingerprint density at radius 1 is 1.05 bits per heavy atom. The number of nitrogens with zero attached hydrogens (tertiary/aromatic N) is 3. The number of nitriles is 1. The average Bonchev–Trinajstić information content (AvgIpc) is 3.45. The molecule has 3 aromatic rings. The fourth-order valence-corrected chi connectivity index (χ4v) is 5.39. The number of carboxylic acids is 1. The molecule has 1 aromatic carbocycles. The van der Waals surface area contributed by atoms with E-state index in [2.05, 4.69) is 26.7 Å². The van der Waals surface area contributed by atoms with Gasteiger partial charge in [-0.05, 0) is 66.8 Å². The maximum absolute atomic E-state index is 13.1. The zero-order valence-corrected chi connectivity index (χ0v) is 22.9. The van der Waals surface area contributed by atoms with Crippen molar-refractivity contribution >= 4 is 23.4 Å². The zero-order chi connectivity index (χ0) is 30.6. The number of amides is 1. The summed E-state index contributed by atoms with van der Waals surface area (Å²) in [7, 11) is 0. The molecule has 13 nitrogen and oxygen atoms in total. The predicted molar refractivity (Wildman–Crippen MR) is 151 cm³/mol. The molecule has 1 aliphatic heterocycles. The number of anilines is 2. The Bertz CT molecular complexity index is 1480. The van der Waals surface area contributed by atoms with Gasteiger partial charge >= 0.3 is 5.97 Å². The highest BCUT2D eigenvalue weighted by Gasteiger charge is 2.50. The molecule has 13 heteroatoms. The number of carbonyl (C=O) groups excluding carboxylic acids is 1. The van der Waals surface area contributed by atoms with E-state index in [9.17, 15) is 35.3 Å². The van der Waals surface area contributed by atoms with Gasteiger partial charge in [0.25, 0.3) is 5.91 Å². The number of pyridine rings is 2. The summed E-state index contributed by atoms with van der Waals surface area (Å²) in [4.78, 5) is 32.8. The van der Waals surface area contributed by atoms with Crippen LogP contribution < -0.4 is 10.6 Å². The third-order valence-corrected chi connectivity index (χ3v) is 7.78. The summed E-state index contributed by atoms with van der Waals surface area (Å²) in [6.45, 7) is 0.462. The summed E-state index contributed by atoms with van der Waals surface area (Å²) in [6.07, 6.45) is -3.10. The number of aliphatic carboxylic acids is 1. The average molecular weight is 590 g/mol. The third-order valence-electron chi connectivity index (χ3n) is 7.78. The van der Waals surface area contributed by atoms with E-state index in [0.29, 0.717) is 42.0 Å². The molecule has 7 unspecified atom stereocenters. The van der Waals surface area contributed by atoms with Crippen LogP contribution in [0.15, 0.2) is 67.1 Å². The first kappa shape index (κ1) is 30.0. The SMILES string of the molecule is N#CC1(c2ccc(NC(=O)c3cccnc3NCc3ccncc3)cc2)CCC(OC2OC(C(=O)O)C(O)C(O)C2O)C1. The van der Waals surface area contributed by atoms with Crippen LogP contribution in [0.3, 0.4) is 0 Å². The summed E-state index contributed by atoms with van der Waals surface area (Å²) in [5.41, 5.74) is 1.62. The lowest BCUT2D eigenvalue weighted by atomic mass is 9.80. The van der Waals surface area contributed by atoms with E-state index in [1.807, 2.05) is 12.1 Å². The summed E-state index contributed by atoms with van der Waals surface area (Å²) in [6, 6.07) is 16.3. The number of aliphatic hydroxyl groups excluding tert-OH is 3. The standard InChI is InChI=1S/C30H31N5O8/c31-16-30(10-7-20(14-30)42-29-24(38)22(36)23(37)25(43-29)28(40)41)18-3-5-19(6-4-18)35-27(39)21-2-1-11-33-26(21)34-15-17-8-12-32-13-9-17/h1-6,8-9,11-13,20,22-25,29,36-38H,7,10,14-15H2,(H,33,34)(H,35,39)(H,40,41). The molecule has 1 saturated carbocycles. The van der Waals surface area contributed by atoms with Gasteiger partial charge in [-0.2, -0.15) is 5.26 Å². The van der Waals surface area contributed by atoms with E-state index in [4.69, 9.17) is 9.47 Å². The van der Waals surface area contributed by atoms with Gasteiger partial charge in [0, 0.05) is 30.8 Å². The molecule has 1 saturated heterocycles. The van der Waals surface area contributed by atoms with Gasteiger partial charge in [0.05, 0.1) is 23.2 Å². The zero-order valence-electron chi connectivity index (χ0n) is 22.9. The minimum absolute atomic E-state index is 0.223. The predicted octanol–water partition coefficient (Wildman–Crippen LogP) is 1.56. The molecule has 2 aliphatic rings. The van der Waals surface area contributed by atoms with Gasteiger partial charge in [-0.1, -0.05) is 12.1 Å². The maximum atomic E-state index is 13.1. The van der Waals surface area contributed by atoms with E-state index in [1.165, 1.54) is 0 Å². The molecule has 2 fully saturated rings. The first-order valence-corrected chi connectivity index (χ1v) is 13.7. The number of carboxylic acid groups (broad SMARTS) is 1. The van der Waals surface area contributed by atoms with Crippen LogP contribution in [0, 0.1) is 11.3 Å². The summed E-state index contributed by atoms with van der Waals surface area (Å²) < 4.78 is 11.0. The quantitative estimate of drug-likeness (QED) is 0.210. The van der Waals surface area contributed by atoms with Crippen molar-refractivity contribution in [3.8, 4) is 6.07 Å². The van der Waals surface area contributed by atoms with Crippen LogP contribution in [0.5, 0.6) is 0 Å². The molecule has 0 spiro atoms. The van der Waals surface area contributed by atoms with E-state index < -0.39 is 48.2 Å². The molecule has 0 bridgehead atoms. The number of carbonyl (C=O) groups is 2. The Labute approximate surface area is 246 Å². The summed E-state index contributed by atoms with van der Waals surface area (Å²) in [5, 5.41) is 55.7. The number of hydrogen-bond donors (Lipinski definition) is 6. The summed E-state index contributed by atoms with van der Waals surface area (Å²) in [5.74, 6) is -1.43. The molecule has 7 atom stereocenters. The molecule has 2 aromatic heterocycles. The van der Waals surface area contributed by atoms with Crippen molar-refractivity contribution in [3.63, 3.8) is 0 Å². The Hall–Kier alpha value is -4.45. The minimum atomic E-state index is -1.82. The van der Waals surface area contributed by atoms with Gasteiger partial charge in [0.2, 0.25) is 0 Å². The van der Waals surface area contributed by atoms with Crippen molar-refractivity contribution < 1.29 is 39.5 Å². The van der Waals surface area contributed by atoms with Crippen molar-refractivity contribution in [2.24, 2.45) is 0 Å². The molecule has 224 valence electrons. The van der Waals surface area contributed by atoms with Crippen LogP contribution in [-0.2, 0) is 26.2 Å². The van der Waals surface area contributed by atoms with Gasteiger partial charge < -0.3 is 40.5 Å². The van der Waals surface area contributed by atoms with E-state index in [-0.39, 0.29) is 12.3 Å². The van der Waals surface area contributed by atoms with Crippen molar-refractivity contribution in [1.82, 2.24) is 9.97 Å². The highest BCUT2D eigenvalue weighted by molar-refractivity contribution is 6.07. The van der Waals surface area contributed by atoms with Crippen molar-refractivity contribution in [1.29, 1.82) is 5.26 Å². The van der Waals surface area contributed by atoms with Crippen LogP contribution in [0.4, 0.5) is 11.5 Å². The molecule has 3 heterocycles. The van der Waals surface area contributed by atoms with Gasteiger partial charge in [-0.15, -0.1) is 0 Å². The second-order valence-electron chi connectivity index (χ2n) is 10.6. The van der Waals surface area contributed by atoms with E-state index >= 15 is 0 Å². The lowest BCUT2D eigenvalue weighted by Crippen LogP contribution is -2.60. The second-order valence-corrected chi connectivity index (χ2v) is 10.6. The van der Waals surface area contributed by atoms with Crippen LogP contribution >= 0.6 is 0 Å². The number of nitrogens with one attached hydrogen (secondary N) is 2. The van der Waals surface area contributed by atoms with Crippen LogP contribution in [0.1, 0.15) is 40.7 Å². The fourth-order valence-electron chi connectivity index (χ4n) is 5.39. The van der Waals surface area contributed by atoms with Crippen LogP contribution in [-0.4, -0.2) is 79.1 Å².